The maximum atomic E-state index is 5.85. The number of methoxy groups -OCH3 is 2. The van der Waals surface area contributed by atoms with Crippen LogP contribution >= 0.6 is 23.1 Å². The van der Waals surface area contributed by atoms with Gasteiger partial charge in [0.2, 0.25) is 0 Å². The fraction of sp³-hybridized carbons (Fsp3) is 0.400. The van der Waals surface area contributed by atoms with Gasteiger partial charge >= 0.3 is 0 Å². The summed E-state index contributed by atoms with van der Waals surface area (Å²) < 4.78 is 10.2. The fourth-order valence-electron chi connectivity index (χ4n) is 1.30. The van der Waals surface area contributed by atoms with Crippen LogP contribution in [0, 0.1) is 0 Å². The van der Waals surface area contributed by atoms with E-state index in [1.807, 2.05) is 11.4 Å². The van der Waals surface area contributed by atoms with E-state index in [1.54, 1.807) is 25.6 Å². The molecule has 0 saturated heterocycles. The highest BCUT2D eigenvalue weighted by atomic mass is 32.2. The van der Waals surface area contributed by atoms with Crippen LogP contribution < -0.4 is 5.73 Å². The Hall–Kier alpha value is -0.890. The maximum Gasteiger partial charge on any atom is 0.191 e. The van der Waals surface area contributed by atoms with Crippen molar-refractivity contribution in [3.05, 3.63) is 11.4 Å². The molecule has 0 fully saturated rings. The van der Waals surface area contributed by atoms with Crippen LogP contribution in [0.2, 0.25) is 0 Å². The van der Waals surface area contributed by atoms with Gasteiger partial charge in [-0.3, -0.25) is 0 Å². The minimum atomic E-state index is -0.260. The molecule has 0 aliphatic carbocycles. The molecule has 2 rings (SSSR count). The van der Waals surface area contributed by atoms with Gasteiger partial charge in [0, 0.05) is 14.2 Å². The molecule has 0 aliphatic heterocycles. The van der Waals surface area contributed by atoms with Crippen molar-refractivity contribution in [2.24, 2.45) is 0 Å². The second-order valence-corrected chi connectivity index (χ2v) is 5.12. The molecule has 0 saturated carbocycles. The van der Waals surface area contributed by atoms with E-state index in [4.69, 9.17) is 15.2 Å². The average Bonchev–Trinajstić information content (AvgIpc) is 2.79. The summed E-state index contributed by atoms with van der Waals surface area (Å²) in [5.74, 6) is 1.15. The zero-order valence-corrected chi connectivity index (χ0v) is 11.2. The predicted molar refractivity (Wildman–Crippen MR) is 70.4 cm³/mol. The molecule has 92 valence electrons. The molecule has 0 unspecified atom stereocenters. The summed E-state index contributed by atoms with van der Waals surface area (Å²) in [7, 11) is 3.21. The lowest BCUT2D eigenvalue weighted by Crippen LogP contribution is -2.16. The van der Waals surface area contributed by atoms with E-state index in [9.17, 15) is 0 Å². The second-order valence-electron chi connectivity index (χ2n) is 3.24. The highest BCUT2D eigenvalue weighted by Gasteiger charge is 2.10. The molecule has 0 aromatic carbocycles. The molecule has 2 heterocycles. The topological polar surface area (TPSA) is 70.3 Å². The highest BCUT2D eigenvalue weighted by molar-refractivity contribution is 7.99. The molecule has 0 aliphatic rings. The number of rotatable bonds is 5. The Balaban J connectivity index is 2.13. The van der Waals surface area contributed by atoms with Crippen LogP contribution in [-0.2, 0) is 9.47 Å². The quantitative estimate of drug-likeness (QED) is 0.509. The van der Waals surface area contributed by atoms with Gasteiger partial charge in [-0.1, -0.05) is 11.8 Å². The summed E-state index contributed by atoms with van der Waals surface area (Å²) in [6.45, 7) is 0. The second kappa shape index (κ2) is 5.63. The molecule has 0 atom stereocenters. The van der Waals surface area contributed by atoms with E-state index in [1.165, 1.54) is 11.8 Å². The number of ether oxygens (including phenoxy) is 2. The zero-order valence-electron chi connectivity index (χ0n) is 9.54. The van der Waals surface area contributed by atoms with Crippen LogP contribution in [0.4, 0.5) is 5.82 Å². The number of hydrogen-bond donors (Lipinski definition) is 1. The number of nitrogens with two attached hydrogens (primary N) is 1. The van der Waals surface area contributed by atoms with Crippen molar-refractivity contribution in [3.8, 4) is 0 Å². The molecule has 7 heteroatoms. The fourth-order valence-corrected chi connectivity index (χ4v) is 3.00. The third kappa shape index (κ3) is 2.86. The number of fused-ring (bicyclic) bond motifs is 1. The minimum Gasteiger partial charge on any atom is -0.383 e. The van der Waals surface area contributed by atoms with Crippen LogP contribution in [0.15, 0.2) is 16.6 Å². The summed E-state index contributed by atoms with van der Waals surface area (Å²) >= 11 is 3.02. The predicted octanol–water partition coefficient (Wildman–Crippen LogP) is 1.98. The minimum absolute atomic E-state index is 0.260. The lowest BCUT2D eigenvalue weighted by atomic mass is 10.4. The molecule has 0 radical (unpaired) electrons. The van der Waals surface area contributed by atoms with Crippen LogP contribution in [0.5, 0.6) is 0 Å². The summed E-state index contributed by atoms with van der Waals surface area (Å²) in [6, 6.07) is 1.93. The number of nitrogens with zero attached hydrogens (tertiary/aromatic N) is 2. The highest BCUT2D eigenvalue weighted by Crippen LogP contribution is 2.26. The first kappa shape index (κ1) is 12.6. The average molecular weight is 271 g/mol. The molecular formula is C10H13N3O2S2. The molecule has 5 nitrogen and oxygen atoms in total. The van der Waals surface area contributed by atoms with Gasteiger partial charge in [0.1, 0.15) is 10.6 Å². The van der Waals surface area contributed by atoms with E-state index in [0.717, 1.165) is 10.2 Å². The molecule has 0 bridgehead atoms. The largest absolute Gasteiger partial charge is 0.383 e. The van der Waals surface area contributed by atoms with Crippen LogP contribution in [0.1, 0.15) is 0 Å². The molecule has 2 aromatic heterocycles. The molecule has 0 amide bonds. The lowest BCUT2D eigenvalue weighted by molar-refractivity contribution is -0.0842. The van der Waals surface area contributed by atoms with E-state index in [0.29, 0.717) is 16.7 Å². The first-order chi connectivity index (χ1) is 8.24. The number of thioether (sulfide) groups is 1. The Bertz CT molecular complexity index is 499. The number of hydrogen-bond acceptors (Lipinski definition) is 7. The van der Waals surface area contributed by atoms with Gasteiger partial charge in [-0.2, -0.15) is 0 Å². The monoisotopic (exact) mass is 271 g/mol. The maximum absolute atomic E-state index is 5.85. The zero-order chi connectivity index (χ0) is 12.3. The van der Waals surface area contributed by atoms with Gasteiger partial charge in [-0.05, 0) is 11.4 Å². The normalized spacial score (nSPS) is 11.5. The van der Waals surface area contributed by atoms with E-state index in [-0.39, 0.29) is 6.29 Å². The summed E-state index contributed by atoms with van der Waals surface area (Å²) in [5, 5.41) is 3.52. The van der Waals surface area contributed by atoms with Crippen molar-refractivity contribution in [2.45, 2.75) is 11.4 Å². The van der Waals surface area contributed by atoms with Crippen LogP contribution in [-0.4, -0.2) is 36.2 Å². The number of aromatic nitrogens is 2. The van der Waals surface area contributed by atoms with E-state index < -0.39 is 0 Å². The van der Waals surface area contributed by atoms with E-state index >= 15 is 0 Å². The first-order valence-electron chi connectivity index (χ1n) is 4.93. The molecule has 2 N–H and O–H groups in total. The molecule has 17 heavy (non-hydrogen) atoms. The molecule has 2 aromatic rings. The third-order valence-corrected chi connectivity index (χ3v) is 3.89. The Kier molecular flexibility index (Phi) is 4.16. The number of thiophene rings is 1. The molecule has 0 spiro atoms. The van der Waals surface area contributed by atoms with Crippen molar-refractivity contribution < 1.29 is 9.47 Å². The Morgan fingerprint density at radius 2 is 2.18 bits per heavy atom. The SMILES string of the molecule is COC(CSc1nc(N)c2ccsc2n1)OC. The Morgan fingerprint density at radius 1 is 1.41 bits per heavy atom. The van der Waals surface area contributed by atoms with Crippen LogP contribution in [0.25, 0.3) is 10.2 Å². The third-order valence-electron chi connectivity index (χ3n) is 2.21. The van der Waals surface area contributed by atoms with Crippen molar-refractivity contribution in [1.29, 1.82) is 0 Å². The first-order valence-corrected chi connectivity index (χ1v) is 6.80. The van der Waals surface area contributed by atoms with Gasteiger partial charge < -0.3 is 15.2 Å². The van der Waals surface area contributed by atoms with Crippen molar-refractivity contribution in [2.75, 3.05) is 25.7 Å². The number of nitrogen functional groups attached to an aromatic ring is 1. The Morgan fingerprint density at radius 3 is 2.88 bits per heavy atom. The van der Waals surface area contributed by atoms with E-state index in [2.05, 4.69) is 9.97 Å². The summed E-state index contributed by atoms with van der Waals surface area (Å²) in [6.07, 6.45) is -0.260. The summed E-state index contributed by atoms with van der Waals surface area (Å²) in [4.78, 5) is 9.56. The number of anilines is 1. The van der Waals surface area contributed by atoms with Gasteiger partial charge in [0.05, 0.1) is 11.1 Å². The van der Waals surface area contributed by atoms with Gasteiger partial charge in [-0.15, -0.1) is 11.3 Å². The summed E-state index contributed by atoms with van der Waals surface area (Å²) in [5.41, 5.74) is 5.85. The Labute approximate surface area is 107 Å². The van der Waals surface area contributed by atoms with Crippen LogP contribution in [0.3, 0.4) is 0 Å². The molecular weight excluding hydrogens is 258 g/mol. The smallest absolute Gasteiger partial charge is 0.191 e. The van der Waals surface area contributed by atoms with Crippen molar-refractivity contribution in [1.82, 2.24) is 9.97 Å². The van der Waals surface area contributed by atoms with Gasteiger partial charge in [-0.25, -0.2) is 9.97 Å². The van der Waals surface area contributed by atoms with Crippen molar-refractivity contribution >= 4 is 39.1 Å². The lowest BCUT2D eigenvalue weighted by Gasteiger charge is -2.11. The van der Waals surface area contributed by atoms with Gasteiger partial charge in [0.15, 0.2) is 11.4 Å². The van der Waals surface area contributed by atoms with Gasteiger partial charge in [0.25, 0.3) is 0 Å². The standard InChI is InChI=1S/C10H13N3O2S2/c1-14-7(15-2)5-17-10-12-8(11)6-3-4-16-9(6)13-10/h3-4,7H,5H2,1-2H3,(H2,11,12,13). The van der Waals surface area contributed by atoms with Crippen molar-refractivity contribution in [3.63, 3.8) is 0 Å².